The van der Waals surface area contributed by atoms with Gasteiger partial charge in [0, 0.05) is 5.69 Å². The molecule has 1 aromatic rings. The highest BCUT2D eigenvalue weighted by Crippen LogP contribution is 2.10. The van der Waals surface area contributed by atoms with Crippen molar-refractivity contribution in [2.24, 2.45) is 0 Å². The van der Waals surface area contributed by atoms with Crippen molar-refractivity contribution >= 4 is 17.7 Å². The highest BCUT2D eigenvalue weighted by atomic mass is 35.5. The Morgan fingerprint density at radius 1 is 1.60 bits per heavy atom. The fourth-order valence-electron chi connectivity index (χ4n) is 0.771. The van der Waals surface area contributed by atoms with Gasteiger partial charge in [-0.1, -0.05) is 24.3 Å². The Labute approximate surface area is 65.4 Å². The molecule has 1 heterocycles. The molecule has 1 nitrogen and oxygen atoms in total. The molecule has 0 radical (unpaired) electrons. The van der Waals surface area contributed by atoms with E-state index in [1.807, 2.05) is 13.0 Å². The summed E-state index contributed by atoms with van der Waals surface area (Å²) < 4.78 is 0. The van der Waals surface area contributed by atoms with Crippen molar-refractivity contribution < 1.29 is 0 Å². The predicted octanol–water partition coefficient (Wildman–Crippen LogP) is 2.69. The van der Waals surface area contributed by atoms with Crippen LogP contribution in [0.2, 0.25) is 5.15 Å². The lowest BCUT2D eigenvalue weighted by Crippen LogP contribution is -1.82. The second-order valence-corrected chi connectivity index (χ2v) is 2.46. The maximum Gasteiger partial charge on any atom is 0.129 e. The molecule has 0 N–H and O–H groups in total. The van der Waals surface area contributed by atoms with Crippen molar-refractivity contribution in [3.05, 3.63) is 35.1 Å². The third-order valence-corrected chi connectivity index (χ3v) is 1.37. The molecule has 0 spiro atoms. The number of rotatable bonds is 1. The second kappa shape index (κ2) is 2.84. The van der Waals surface area contributed by atoms with Crippen molar-refractivity contribution in [1.82, 2.24) is 4.98 Å². The van der Waals surface area contributed by atoms with Gasteiger partial charge in [0.25, 0.3) is 0 Å². The molecule has 0 atom stereocenters. The van der Waals surface area contributed by atoms with E-state index in [-0.39, 0.29) is 0 Å². The molecule has 0 amide bonds. The summed E-state index contributed by atoms with van der Waals surface area (Å²) in [7, 11) is 0. The Balaban J connectivity index is 3.18. The highest BCUT2D eigenvalue weighted by Gasteiger charge is 1.92. The van der Waals surface area contributed by atoms with Gasteiger partial charge < -0.3 is 0 Å². The number of hydrogen-bond donors (Lipinski definition) is 0. The molecule has 1 rings (SSSR count). The zero-order chi connectivity index (χ0) is 7.56. The molecule has 0 aromatic carbocycles. The minimum absolute atomic E-state index is 0.523. The molecule has 0 unspecified atom stereocenters. The van der Waals surface area contributed by atoms with E-state index in [0.29, 0.717) is 5.15 Å². The van der Waals surface area contributed by atoms with Crippen LogP contribution >= 0.6 is 11.6 Å². The quantitative estimate of drug-likeness (QED) is 0.566. The van der Waals surface area contributed by atoms with Gasteiger partial charge >= 0.3 is 0 Å². The van der Waals surface area contributed by atoms with Crippen LogP contribution in [0, 0.1) is 6.92 Å². The molecule has 0 aliphatic heterocycles. The summed E-state index contributed by atoms with van der Waals surface area (Å²) >= 11 is 5.67. The van der Waals surface area contributed by atoms with Crippen molar-refractivity contribution in [3.63, 3.8) is 0 Å². The van der Waals surface area contributed by atoms with Gasteiger partial charge in [-0.05, 0) is 24.6 Å². The summed E-state index contributed by atoms with van der Waals surface area (Å²) in [5, 5.41) is 0.523. The van der Waals surface area contributed by atoms with Crippen LogP contribution in [0.3, 0.4) is 0 Å². The first-order chi connectivity index (χ1) is 4.72. The molecule has 0 saturated carbocycles. The van der Waals surface area contributed by atoms with Crippen LogP contribution in [-0.4, -0.2) is 4.98 Å². The Morgan fingerprint density at radius 2 is 2.30 bits per heavy atom. The van der Waals surface area contributed by atoms with E-state index in [4.69, 9.17) is 11.6 Å². The van der Waals surface area contributed by atoms with Crippen LogP contribution in [0.1, 0.15) is 11.3 Å². The van der Waals surface area contributed by atoms with Gasteiger partial charge in [0.2, 0.25) is 0 Å². The van der Waals surface area contributed by atoms with E-state index in [2.05, 4.69) is 11.6 Å². The molecular weight excluding hydrogens is 146 g/mol. The van der Waals surface area contributed by atoms with Gasteiger partial charge in [-0.25, -0.2) is 4.98 Å². The number of aromatic nitrogens is 1. The van der Waals surface area contributed by atoms with Gasteiger partial charge in [0.15, 0.2) is 0 Å². The maximum absolute atomic E-state index is 5.67. The standard InChI is InChI=1S/C8H8ClN/c1-3-7-4-6(2)10-8(9)5-7/h3-5H,1H2,2H3. The Bertz CT molecular complexity index is 235. The summed E-state index contributed by atoms with van der Waals surface area (Å²) in [5.74, 6) is 0. The Morgan fingerprint density at radius 3 is 2.80 bits per heavy atom. The van der Waals surface area contributed by atoms with E-state index in [1.165, 1.54) is 0 Å². The molecule has 0 aliphatic rings. The third kappa shape index (κ3) is 1.58. The molecule has 1 aromatic heterocycles. The molecule has 0 saturated heterocycles. The van der Waals surface area contributed by atoms with E-state index >= 15 is 0 Å². The van der Waals surface area contributed by atoms with Crippen molar-refractivity contribution in [2.75, 3.05) is 0 Å². The first-order valence-electron chi connectivity index (χ1n) is 2.99. The summed E-state index contributed by atoms with van der Waals surface area (Å²) in [6, 6.07) is 3.71. The van der Waals surface area contributed by atoms with Gasteiger partial charge in [-0.2, -0.15) is 0 Å². The highest BCUT2D eigenvalue weighted by molar-refractivity contribution is 6.29. The Kier molecular flexibility index (Phi) is 2.07. The van der Waals surface area contributed by atoms with E-state index < -0.39 is 0 Å². The zero-order valence-corrected chi connectivity index (χ0v) is 6.52. The molecule has 10 heavy (non-hydrogen) atoms. The van der Waals surface area contributed by atoms with E-state index in [0.717, 1.165) is 11.3 Å². The van der Waals surface area contributed by atoms with E-state index in [9.17, 15) is 0 Å². The molecule has 2 heteroatoms. The van der Waals surface area contributed by atoms with Crippen LogP contribution < -0.4 is 0 Å². The molecule has 0 aliphatic carbocycles. The average molecular weight is 154 g/mol. The largest absolute Gasteiger partial charge is 0.241 e. The summed E-state index contributed by atoms with van der Waals surface area (Å²) in [6.07, 6.45) is 1.75. The first kappa shape index (κ1) is 7.29. The molecular formula is C8H8ClN. The number of pyridine rings is 1. The van der Waals surface area contributed by atoms with Crippen molar-refractivity contribution in [3.8, 4) is 0 Å². The fourth-order valence-corrected chi connectivity index (χ4v) is 1.03. The topological polar surface area (TPSA) is 12.9 Å². The van der Waals surface area contributed by atoms with Gasteiger partial charge in [0.05, 0.1) is 0 Å². The van der Waals surface area contributed by atoms with Crippen molar-refractivity contribution in [1.29, 1.82) is 0 Å². The van der Waals surface area contributed by atoms with Crippen LogP contribution in [0.25, 0.3) is 6.08 Å². The number of hydrogen-bond acceptors (Lipinski definition) is 1. The van der Waals surface area contributed by atoms with Crippen LogP contribution in [0.4, 0.5) is 0 Å². The third-order valence-electron chi connectivity index (χ3n) is 1.18. The summed E-state index contributed by atoms with van der Waals surface area (Å²) in [5.41, 5.74) is 1.93. The van der Waals surface area contributed by atoms with Crippen LogP contribution in [0.15, 0.2) is 18.7 Å². The van der Waals surface area contributed by atoms with Gasteiger partial charge in [0.1, 0.15) is 5.15 Å². The number of aryl methyl sites for hydroxylation is 1. The van der Waals surface area contributed by atoms with Crippen LogP contribution in [0.5, 0.6) is 0 Å². The predicted molar refractivity (Wildman–Crippen MR) is 44.1 cm³/mol. The maximum atomic E-state index is 5.67. The number of halogens is 1. The first-order valence-corrected chi connectivity index (χ1v) is 3.37. The van der Waals surface area contributed by atoms with Gasteiger partial charge in [-0.3, -0.25) is 0 Å². The SMILES string of the molecule is C=Cc1cc(C)nc(Cl)c1. The minimum Gasteiger partial charge on any atom is -0.241 e. The summed E-state index contributed by atoms with van der Waals surface area (Å²) in [6.45, 7) is 5.53. The average Bonchev–Trinajstić information content (AvgIpc) is 1.85. The Hall–Kier alpha value is -0.820. The lowest BCUT2D eigenvalue weighted by Gasteiger charge is -1.95. The second-order valence-electron chi connectivity index (χ2n) is 2.07. The molecule has 52 valence electrons. The smallest absolute Gasteiger partial charge is 0.129 e. The summed E-state index contributed by atoms with van der Waals surface area (Å²) in [4.78, 5) is 4.00. The fraction of sp³-hybridized carbons (Fsp3) is 0.125. The zero-order valence-electron chi connectivity index (χ0n) is 5.76. The van der Waals surface area contributed by atoms with Crippen molar-refractivity contribution in [2.45, 2.75) is 6.92 Å². The van der Waals surface area contributed by atoms with E-state index in [1.54, 1.807) is 12.1 Å². The minimum atomic E-state index is 0.523. The lowest BCUT2D eigenvalue weighted by atomic mass is 10.2. The monoisotopic (exact) mass is 153 g/mol. The van der Waals surface area contributed by atoms with Crippen LogP contribution in [-0.2, 0) is 0 Å². The molecule has 0 bridgehead atoms. The molecule has 0 fully saturated rings. The lowest BCUT2D eigenvalue weighted by molar-refractivity contribution is 1.20. The van der Waals surface area contributed by atoms with Gasteiger partial charge in [-0.15, -0.1) is 0 Å². The number of nitrogens with zero attached hydrogens (tertiary/aromatic N) is 1. The normalized spacial score (nSPS) is 9.40.